The Morgan fingerprint density at radius 3 is 2.67 bits per heavy atom. The second-order valence-corrected chi connectivity index (χ2v) is 6.33. The molecule has 3 rings (SSSR count). The highest BCUT2D eigenvalue weighted by Crippen LogP contribution is 2.27. The zero-order valence-corrected chi connectivity index (χ0v) is 14.7. The first-order valence-electron chi connectivity index (χ1n) is 7.56. The van der Waals surface area contributed by atoms with Gasteiger partial charge in [0.15, 0.2) is 0 Å². The van der Waals surface area contributed by atoms with E-state index in [1.807, 2.05) is 49.5 Å². The molecule has 120 valence electrons. The summed E-state index contributed by atoms with van der Waals surface area (Å²) in [5.41, 5.74) is 3.65. The van der Waals surface area contributed by atoms with Gasteiger partial charge in [-0.1, -0.05) is 30.3 Å². The number of nitrogens with one attached hydrogen (secondary N) is 1. The average Bonchev–Trinajstić information content (AvgIpc) is 2.62. The fourth-order valence-corrected chi connectivity index (χ4v) is 2.92. The molecule has 0 radical (unpaired) electrons. The van der Waals surface area contributed by atoms with E-state index in [-0.39, 0.29) is 11.9 Å². The van der Waals surface area contributed by atoms with Crippen LogP contribution in [0.4, 0.5) is 0 Å². The fraction of sp³-hybridized carbons (Fsp3) is 0.105. The van der Waals surface area contributed by atoms with E-state index >= 15 is 0 Å². The summed E-state index contributed by atoms with van der Waals surface area (Å²) in [6.45, 7) is 1.97. The minimum absolute atomic E-state index is 0.145. The molecule has 0 saturated heterocycles. The Bertz CT molecular complexity index is 852. The Balaban J connectivity index is 1.86. The number of carbonyl (C=O) groups excluding carboxylic acids is 1. The molecule has 1 N–H and O–H groups in total. The van der Waals surface area contributed by atoms with Crippen molar-refractivity contribution in [1.29, 1.82) is 0 Å². The lowest BCUT2D eigenvalue weighted by Gasteiger charge is -2.18. The SMILES string of the molecule is C[C@H](NC(=O)c1cncc(Br)c1)c1ccccc1-c1cccnc1. The summed E-state index contributed by atoms with van der Waals surface area (Å²) in [7, 11) is 0. The first-order chi connectivity index (χ1) is 11.6. The Labute approximate surface area is 149 Å². The molecule has 0 aliphatic heterocycles. The molecule has 2 aromatic heterocycles. The molecule has 4 nitrogen and oxygen atoms in total. The van der Waals surface area contributed by atoms with Gasteiger partial charge < -0.3 is 5.32 Å². The highest BCUT2D eigenvalue weighted by atomic mass is 79.9. The van der Waals surface area contributed by atoms with Crippen molar-refractivity contribution in [3.63, 3.8) is 0 Å². The predicted octanol–water partition coefficient (Wildman–Crippen LogP) is 4.40. The predicted molar refractivity (Wildman–Crippen MR) is 97.5 cm³/mol. The smallest absolute Gasteiger partial charge is 0.253 e. The summed E-state index contributed by atoms with van der Waals surface area (Å²) in [5.74, 6) is -0.155. The van der Waals surface area contributed by atoms with E-state index in [1.54, 1.807) is 24.7 Å². The van der Waals surface area contributed by atoms with Gasteiger partial charge in [-0.25, -0.2) is 0 Å². The van der Waals surface area contributed by atoms with Crippen LogP contribution in [-0.4, -0.2) is 15.9 Å². The number of benzene rings is 1. The summed E-state index contributed by atoms with van der Waals surface area (Å²) < 4.78 is 0.776. The van der Waals surface area contributed by atoms with Crippen molar-refractivity contribution in [3.05, 3.63) is 82.9 Å². The van der Waals surface area contributed by atoms with Gasteiger partial charge in [0.25, 0.3) is 5.91 Å². The van der Waals surface area contributed by atoms with E-state index in [1.165, 1.54) is 0 Å². The number of rotatable bonds is 4. The number of aromatic nitrogens is 2. The maximum absolute atomic E-state index is 12.4. The molecule has 0 spiro atoms. The molecule has 3 aromatic rings. The van der Waals surface area contributed by atoms with E-state index in [0.717, 1.165) is 21.2 Å². The van der Waals surface area contributed by atoms with Crippen LogP contribution in [0, 0.1) is 0 Å². The van der Waals surface area contributed by atoms with Crippen LogP contribution in [0.2, 0.25) is 0 Å². The van der Waals surface area contributed by atoms with E-state index in [9.17, 15) is 4.79 Å². The van der Waals surface area contributed by atoms with Crippen LogP contribution < -0.4 is 5.32 Å². The van der Waals surface area contributed by atoms with Crippen LogP contribution in [0.1, 0.15) is 28.9 Å². The Morgan fingerprint density at radius 2 is 1.92 bits per heavy atom. The first kappa shape index (κ1) is 16.3. The molecule has 5 heteroatoms. The van der Waals surface area contributed by atoms with Gasteiger partial charge in [-0.3, -0.25) is 14.8 Å². The second kappa shape index (κ2) is 7.36. The summed E-state index contributed by atoms with van der Waals surface area (Å²) in [6, 6.07) is 13.5. The molecule has 2 heterocycles. The number of amides is 1. The van der Waals surface area contributed by atoms with E-state index < -0.39 is 0 Å². The zero-order valence-electron chi connectivity index (χ0n) is 13.1. The maximum atomic E-state index is 12.4. The van der Waals surface area contributed by atoms with Crippen LogP contribution >= 0.6 is 15.9 Å². The van der Waals surface area contributed by atoms with Gasteiger partial charge in [0.1, 0.15) is 0 Å². The molecule has 1 atom stereocenters. The van der Waals surface area contributed by atoms with Crippen molar-refractivity contribution in [2.24, 2.45) is 0 Å². The minimum Gasteiger partial charge on any atom is -0.345 e. The molecular weight excluding hydrogens is 366 g/mol. The van der Waals surface area contributed by atoms with Crippen LogP contribution in [-0.2, 0) is 0 Å². The third-order valence-corrected chi connectivity index (χ3v) is 4.15. The Morgan fingerprint density at radius 1 is 1.08 bits per heavy atom. The topological polar surface area (TPSA) is 54.9 Å². The van der Waals surface area contributed by atoms with Gasteiger partial charge in [-0.2, -0.15) is 0 Å². The van der Waals surface area contributed by atoms with Crippen LogP contribution in [0.5, 0.6) is 0 Å². The summed E-state index contributed by atoms with van der Waals surface area (Å²) >= 11 is 3.33. The molecule has 24 heavy (non-hydrogen) atoms. The standard InChI is InChI=1S/C19H16BrN3O/c1-13(23-19(24)15-9-16(20)12-22-11-15)17-6-2-3-7-18(17)14-5-4-8-21-10-14/h2-13H,1H3,(H,23,24)/t13-/m0/s1. The molecule has 0 bridgehead atoms. The van der Waals surface area contributed by atoms with Crippen LogP contribution in [0.15, 0.2) is 71.7 Å². The van der Waals surface area contributed by atoms with E-state index in [2.05, 4.69) is 31.2 Å². The van der Waals surface area contributed by atoms with Gasteiger partial charge in [0.2, 0.25) is 0 Å². The van der Waals surface area contributed by atoms with Crippen molar-refractivity contribution in [1.82, 2.24) is 15.3 Å². The van der Waals surface area contributed by atoms with Gasteiger partial charge in [-0.05, 0) is 46.1 Å². The van der Waals surface area contributed by atoms with Crippen molar-refractivity contribution in [2.75, 3.05) is 0 Å². The largest absolute Gasteiger partial charge is 0.345 e. The molecule has 1 aromatic carbocycles. The number of carbonyl (C=O) groups is 1. The number of hydrogen-bond donors (Lipinski definition) is 1. The zero-order chi connectivity index (χ0) is 16.9. The molecule has 0 aliphatic rings. The lowest BCUT2D eigenvalue weighted by atomic mass is 9.96. The van der Waals surface area contributed by atoms with Gasteiger partial charge in [0.05, 0.1) is 11.6 Å². The third-order valence-electron chi connectivity index (χ3n) is 3.71. The third kappa shape index (κ3) is 3.68. The van der Waals surface area contributed by atoms with Crippen molar-refractivity contribution in [3.8, 4) is 11.1 Å². The van der Waals surface area contributed by atoms with Crippen LogP contribution in [0.25, 0.3) is 11.1 Å². The van der Waals surface area contributed by atoms with Gasteiger partial charge >= 0.3 is 0 Å². The molecule has 0 aliphatic carbocycles. The average molecular weight is 382 g/mol. The lowest BCUT2D eigenvalue weighted by molar-refractivity contribution is 0.0939. The maximum Gasteiger partial charge on any atom is 0.253 e. The van der Waals surface area contributed by atoms with Crippen LogP contribution in [0.3, 0.4) is 0 Å². The lowest BCUT2D eigenvalue weighted by Crippen LogP contribution is -2.27. The second-order valence-electron chi connectivity index (χ2n) is 5.42. The van der Waals surface area contributed by atoms with E-state index in [4.69, 9.17) is 0 Å². The number of halogens is 1. The monoisotopic (exact) mass is 381 g/mol. The highest BCUT2D eigenvalue weighted by molar-refractivity contribution is 9.10. The van der Waals surface area contributed by atoms with Crippen molar-refractivity contribution in [2.45, 2.75) is 13.0 Å². The van der Waals surface area contributed by atoms with Gasteiger partial charge in [0, 0.05) is 34.8 Å². The first-order valence-corrected chi connectivity index (χ1v) is 8.35. The Hall–Kier alpha value is -2.53. The fourth-order valence-electron chi connectivity index (χ4n) is 2.55. The summed E-state index contributed by atoms with van der Waals surface area (Å²) in [4.78, 5) is 20.7. The number of hydrogen-bond acceptors (Lipinski definition) is 3. The van der Waals surface area contributed by atoms with Gasteiger partial charge in [-0.15, -0.1) is 0 Å². The number of pyridine rings is 2. The normalized spacial score (nSPS) is 11.8. The number of nitrogens with zero attached hydrogens (tertiary/aromatic N) is 2. The highest BCUT2D eigenvalue weighted by Gasteiger charge is 2.15. The van der Waals surface area contributed by atoms with Crippen molar-refractivity contribution >= 4 is 21.8 Å². The molecule has 0 fully saturated rings. The molecule has 1 amide bonds. The van der Waals surface area contributed by atoms with E-state index in [0.29, 0.717) is 5.56 Å². The van der Waals surface area contributed by atoms with Crippen molar-refractivity contribution < 1.29 is 4.79 Å². The quantitative estimate of drug-likeness (QED) is 0.728. The summed E-state index contributed by atoms with van der Waals surface area (Å²) in [6.07, 6.45) is 6.78. The molecular formula is C19H16BrN3O. The molecule has 0 saturated carbocycles. The Kier molecular flexibility index (Phi) is 5.01. The molecule has 0 unspecified atom stereocenters. The summed E-state index contributed by atoms with van der Waals surface area (Å²) in [5, 5.41) is 3.03. The minimum atomic E-state index is -0.155.